The number of aromatic amines is 1. The summed E-state index contributed by atoms with van der Waals surface area (Å²) >= 11 is 0. The maximum atomic E-state index is 5.90. The van der Waals surface area contributed by atoms with E-state index in [1.165, 1.54) is 0 Å². The van der Waals surface area contributed by atoms with Gasteiger partial charge in [-0.15, -0.1) is 10.2 Å². The molecule has 7 heteroatoms. The minimum atomic E-state index is 0.422. The molecule has 0 spiro atoms. The number of rotatable bonds is 4. The summed E-state index contributed by atoms with van der Waals surface area (Å²) in [6.45, 7) is 2.43. The van der Waals surface area contributed by atoms with Crippen molar-refractivity contribution in [3.8, 4) is 22.9 Å². The van der Waals surface area contributed by atoms with Gasteiger partial charge in [-0.2, -0.15) is 5.21 Å². The Hall–Kier alpha value is -2.31. The number of nitrogens with two attached hydrogens (primary N) is 1. The van der Waals surface area contributed by atoms with Gasteiger partial charge in [0.05, 0.1) is 13.7 Å². The molecule has 0 radical (unpaired) electrons. The molecule has 0 amide bonds. The fraction of sp³-hybridized carbons (Fsp3) is 0.300. The van der Waals surface area contributed by atoms with Gasteiger partial charge in [0, 0.05) is 17.3 Å². The van der Waals surface area contributed by atoms with Crippen LogP contribution in [0.25, 0.3) is 11.4 Å². The number of nitrogens with one attached hydrogen (secondary N) is 1. The van der Waals surface area contributed by atoms with Crippen LogP contribution in [0.2, 0.25) is 0 Å². The average molecular weight is 235 g/mol. The zero-order valence-electron chi connectivity index (χ0n) is 9.60. The van der Waals surface area contributed by atoms with Gasteiger partial charge in [0.2, 0.25) is 5.82 Å². The second-order valence-corrected chi connectivity index (χ2v) is 3.26. The molecule has 0 atom stereocenters. The molecule has 0 bridgehead atoms. The van der Waals surface area contributed by atoms with Crippen molar-refractivity contribution in [1.29, 1.82) is 0 Å². The lowest BCUT2D eigenvalue weighted by Crippen LogP contribution is -1.99. The van der Waals surface area contributed by atoms with Gasteiger partial charge in [0.25, 0.3) is 0 Å². The van der Waals surface area contributed by atoms with Crippen LogP contribution < -0.4 is 15.2 Å². The first kappa shape index (κ1) is 11.2. The maximum absolute atomic E-state index is 5.90. The first-order valence-electron chi connectivity index (χ1n) is 5.10. The molecule has 0 aliphatic rings. The standard InChI is InChI=1S/C10H13N5O2/c1-3-17-9-4-6(10-12-14-15-13-10)7(11)5-8(9)16-2/h4-5H,3,11H2,1-2H3,(H,12,13,14,15). The summed E-state index contributed by atoms with van der Waals surface area (Å²) in [6.07, 6.45) is 0. The average Bonchev–Trinajstić information content (AvgIpc) is 2.84. The van der Waals surface area contributed by atoms with Crippen LogP contribution in [0.4, 0.5) is 5.69 Å². The van der Waals surface area contributed by atoms with Gasteiger partial charge in [0.15, 0.2) is 11.5 Å². The monoisotopic (exact) mass is 235 g/mol. The molecule has 2 rings (SSSR count). The highest BCUT2D eigenvalue weighted by Crippen LogP contribution is 2.35. The van der Waals surface area contributed by atoms with Crippen LogP contribution in [-0.4, -0.2) is 34.3 Å². The Morgan fingerprint density at radius 2 is 2.18 bits per heavy atom. The molecule has 3 N–H and O–H groups in total. The fourth-order valence-electron chi connectivity index (χ4n) is 1.47. The van der Waals surface area contributed by atoms with E-state index in [4.69, 9.17) is 15.2 Å². The minimum Gasteiger partial charge on any atom is -0.493 e. The predicted octanol–water partition coefficient (Wildman–Crippen LogP) is 0.856. The van der Waals surface area contributed by atoms with E-state index >= 15 is 0 Å². The minimum absolute atomic E-state index is 0.422. The highest BCUT2D eigenvalue weighted by molar-refractivity contribution is 5.75. The first-order valence-corrected chi connectivity index (χ1v) is 5.10. The van der Waals surface area contributed by atoms with Gasteiger partial charge in [-0.3, -0.25) is 0 Å². The van der Waals surface area contributed by atoms with E-state index in [0.717, 1.165) is 0 Å². The van der Waals surface area contributed by atoms with E-state index in [2.05, 4.69) is 20.6 Å². The van der Waals surface area contributed by atoms with Crippen molar-refractivity contribution in [2.45, 2.75) is 6.92 Å². The number of hydrogen-bond donors (Lipinski definition) is 2. The largest absolute Gasteiger partial charge is 0.493 e. The number of nitrogen functional groups attached to an aromatic ring is 1. The second kappa shape index (κ2) is 4.69. The molecular formula is C10H13N5O2. The van der Waals surface area contributed by atoms with Crippen molar-refractivity contribution in [3.05, 3.63) is 12.1 Å². The molecule has 90 valence electrons. The van der Waals surface area contributed by atoms with Crippen molar-refractivity contribution in [2.75, 3.05) is 19.5 Å². The zero-order chi connectivity index (χ0) is 12.3. The van der Waals surface area contributed by atoms with Crippen molar-refractivity contribution in [3.63, 3.8) is 0 Å². The molecule has 1 aromatic heterocycles. The lowest BCUT2D eigenvalue weighted by molar-refractivity contribution is 0.311. The molecule has 1 heterocycles. The number of nitrogens with zero attached hydrogens (tertiary/aromatic N) is 3. The van der Waals surface area contributed by atoms with Crippen LogP contribution in [-0.2, 0) is 0 Å². The topological polar surface area (TPSA) is 98.9 Å². The van der Waals surface area contributed by atoms with E-state index < -0.39 is 0 Å². The first-order chi connectivity index (χ1) is 8.26. The van der Waals surface area contributed by atoms with Gasteiger partial charge < -0.3 is 15.2 Å². The molecule has 1 aromatic carbocycles. The summed E-state index contributed by atoms with van der Waals surface area (Å²) in [5.74, 6) is 1.60. The van der Waals surface area contributed by atoms with E-state index in [9.17, 15) is 0 Å². The van der Waals surface area contributed by atoms with Crippen LogP contribution >= 0.6 is 0 Å². The van der Waals surface area contributed by atoms with Crippen LogP contribution in [0, 0.1) is 0 Å². The van der Waals surface area contributed by atoms with Gasteiger partial charge >= 0.3 is 0 Å². The van der Waals surface area contributed by atoms with E-state index in [-0.39, 0.29) is 0 Å². The third-order valence-corrected chi connectivity index (χ3v) is 2.22. The maximum Gasteiger partial charge on any atom is 0.206 e. The summed E-state index contributed by atoms with van der Waals surface area (Å²) in [5, 5.41) is 13.6. The molecule has 17 heavy (non-hydrogen) atoms. The summed E-state index contributed by atoms with van der Waals surface area (Å²) in [4.78, 5) is 0. The second-order valence-electron chi connectivity index (χ2n) is 3.26. The molecule has 7 nitrogen and oxygen atoms in total. The number of ether oxygens (including phenoxy) is 2. The summed E-state index contributed by atoms with van der Waals surface area (Å²) in [5.41, 5.74) is 7.06. The molecular weight excluding hydrogens is 222 g/mol. The third kappa shape index (κ3) is 2.12. The Balaban J connectivity index is 2.50. The molecule has 0 aliphatic carbocycles. The smallest absolute Gasteiger partial charge is 0.206 e. The molecule has 0 fully saturated rings. The quantitative estimate of drug-likeness (QED) is 0.762. The van der Waals surface area contributed by atoms with Crippen LogP contribution in [0.15, 0.2) is 12.1 Å². The molecule has 0 saturated heterocycles. The highest BCUT2D eigenvalue weighted by Gasteiger charge is 2.13. The van der Waals surface area contributed by atoms with E-state index in [0.29, 0.717) is 35.2 Å². The van der Waals surface area contributed by atoms with E-state index in [1.807, 2.05) is 6.92 Å². The molecule has 2 aromatic rings. The van der Waals surface area contributed by atoms with E-state index in [1.54, 1.807) is 19.2 Å². The Morgan fingerprint density at radius 1 is 1.35 bits per heavy atom. The summed E-state index contributed by atoms with van der Waals surface area (Å²) in [7, 11) is 1.56. The SMILES string of the molecule is CCOc1cc(-c2nn[nH]n2)c(N)cc1OC. The number of H-pyrrole nitrogens is 1. The van der Waals surface area contributed by atoms with Gasteiger partial charge in [-0.25, -0.2) is 0 Å². The van der Waals surface area contributed by atoms with Gasteiger partial charge in [0.1, 0.15) is 0 Å². The van der Waals surface area contributed by atoms with Gasteiger partial charge in [-0.1, -0.05) is 0 Å². The lowest BCUT2D eigenvalue weighted by atomic mass is 10.1. The number of benzene rings is 1. The zero-order valence-corrected chi connectivity index (χ0v) is 9.60. The van der Waals surface area contributed by atoms with Crippen LogP contribution in [0.1, 0.15) is 6.92 Å². The van der Waals surface area contributed by atoms with Crippen molar-refractivity contribution < 1.29 is 9.47 Å². The Morgan fingerprint density at radius 3 is 2.76 bits per heavy atom. The normalized spacial score (nSPS) is 10.2. The number of anilines is 1. The third-order valence-electron chi connectivity index (χ3n) is 2.22. The molecule has 0 unspecified atom stereocenters. The number of hydrogen-bond acceptors (Lipinski definition) is 6. The molecule has 0 saturated carbocycles. The van der Waals surface area contributed by atoms with Crippen molar-refractivity contribution in [1.82, 2.24) is 20.6 Å². The number of methoxy groups -OCH3 is 1. The summed E-state index contributed by atoms with van der Waals surface area (Å²) in [6, 6.07) is 3.42. The van der Waals surface area contributed by atoms with Crippen molar-refractivity contribution in [2.24, 2.45) is 0 Å². The predicted molar refractivity (Wildman–Crippen MR) is 61.7 cm³/mol. The Bertz CT molecular complexity index is 498. The van der Waals surface area contributed by atoms with Gasteiger partial charge in [-0.05, 0) is 18.2 Å². The van der Waals surface area contributed by atoms with Crippen molar-refractivity contribution >= 4 is 5.69 Å². The number of tetrazole rings is 1. The Labute approximate surface area is 97.9 Å². The lowest BCUT2D eigenvalue weighted by Gasteiger charge is -2.11. The Kier molecular flexibility index (Phi) is 3.08. The fourth-order valence-corrected chi connectivity index (χ4v) is 1.47. The number of aromatic nitrogens is 4. The summed E-state index contributed by atoms with van der Waals surface area (Å²) < 4.78 is 10.6. The van der Waals surface area contributed by atoms with Crippen LogP contribution in [0.3, 0.4) is 0 Å². The molecule has 0 aliphatic heterocycles. The van der Waals surface area contributed by atoms with Crippen LogP contribution in [0.5, 0.6) is 11.5 Å². The highest BCUT2D eigenvalue weighted by atomic mass is 16.5.